The third-order valence-electron chi connectivity index (χ3n) is 3.71. The van der Waals surface area contributed by atoms with Crippen LogP contribution in [0.5, 0.6) is 0 Å². The minimum Gasteiger partial charge on any atom is -0.369 e. The normalized spacial score (nSPS) is 19.9. The number of piperidine rings is 1. The number of likely N-dealkylation sites (tertiary alicyclic amines) is 1. The second kappa shape index (κ2) is 4.43. The van der Waals surface area contributed by atoms with Crippen LogP contribution < -0.4 is 5.73 Å². The van der Waals surface area contributed by atoms with Crippen LogP contribution in [0.1, 0.15) is 18.9 Å². The number of nitrogens with zero attached hydrogens (tertiary/aromatic N) is 3. The van der Waals surface area contributed by atoms with Crippen LogP contribution in [0.25, 0.3) is 11.0 Å². The summed E-state index contributed by atoms with van der Waals surface area (Å²) in [6, 6.07) is 1.89. The topological polar surface area (TPSA) is 64.2 Å². The van der Waals surface area contributed by atoms with E-state index in [1.54, 1.807) is 16.5 Å². The van der Waals surface area contributed by atoms with Gasteiger partial charge < -0.3 is 15.2 Å². The lowest BCUT2D eigenvalue weighted by Gasteiger charge is -2.31. The fourth-order valence-electron chi connectivity index (χ4n) is 2.72. The van der Waals surface area contributed by atoms with Crippen molar-refractivity contribution in [2.24, 2.45) is 0 Å². The Kier molecular flexibility index (Phi) is 2.84. The van der Waals surface area contributed by atoms with Gasteiger partial charge in [0.25, 0.3) is 0 Å². The first-order chi connectivity index (χ1) is 9.47. The van der Waals surface area contributed by atoms with Crippen LogP contribution >= 0.6 is 0 Å². The lowest BCUT2D eigenvalue weighted by atomic mass is 10.1. The summed E-state index contributed by atoms with van der Waals surface area (Å²) in [4.78, 5) is 17.1. The van der Waals surface area contributed by atoms with Gasteiger partial charge in [-0.05, 0) is 6.42 Å². The molecule has 1 amide bonds. The van der Waals surface area contributed by atoms with Crippen molar-refractivity contribution < 1.29 is 13.6 Å². The van der Waals surface area contributed by atoms with Crippen molar-refractivity contribution in [3.05, 3.63) is 23.8 Å². The summed E-state index contributed by atoms with van der Waals surface area (Å²) in [7, 11) is 1.70. The molecule has 1 saturated heterocycles. The van der Waals surface area contributed by atoms with Gasteiger partial charge in [0, 0.05) is 32.1 Å². The first-order valence-electron chi connectivity index (χ1n) is 6.34. The standard InChI is InChI=1S/C13H14F2N4O/c1-18-6-8(2-3-11(18)20)19-10-5-7(14)4-9(15)12(10)17-13(19)16/h4-5,8H,2-3,6H2,1H3,(H2,16,17). The Bertz CT molecular complexity index is 697. The molecule has 1 fully saturated rings. The SMILES string of the molecule is CN1CC(n2c(N)nc3c(F)cc(F)cc32)CCC1=O. The van der Waals surface area contributed by atoms with Crippen molar-refractivity contribution in [2.45, 2.75) is 18.9 Å². The van der Waals surface area contributed by atoms with Gasteiger partial charge in [-0.3, -0.25) is 4.79 Å². The second-order valence-electron chi connectivity index (χ2n) is 5.06. The van der Waals surface area contributed by atoms with Gasteiger partial charge >= 0.3 is 0 Å². The van der Waals surface area contributed by atoms with Crippen LogP contribution in [0.3, 0.4) is 0 Å². The lowest BCUT2D eigenvalue weighted by Crippen LogP contribution is -2.38. The van der Waals surface area contributed by atoms with Crippen LogP contribution in [0.4, 0.5) is 14.7 Å². The zero-order valence-electron chi connectivity index (χ0n) is 10.9. The highest BCUT2D eigenvalue weighted by Crippen LogP contribution is 2.30. The molecule has 1 aromatic heterocycles. The summed E-state index contributed by atoms with van der Waals surface area (Å²) in [5, 5.41) is 0. The van der Waals surface area contributed by atoms with Crippen LogP contribution in [-0.2, 0) is 4.79 Å². The zero-order chi connectivity index (χ0) is 14.4. The number of amides is 1. The lowest BCUT2D eigenvalue weighted by molar-refractivity contribution is -0.132. The largest absolute Gasteiger partial charge is 0.369 e. The molecule has 2 aromatic rings. The van der Waals surface area contributed by atoms with Gasteiger partial charge in [-0.1, -0.05) is 0 Å². The van der Waals surface area contributed by atoms with E-state index in [0.29, 0.717) is 24.9 Å². The summed E-state index contributed by atoms with van der Waals surface area (Å²) in [6.07, 6.45) is 0.967. The van der Waals surface area contributed by atoms with E-state index in [2.05, 4.69) is 4.98 Å². The number of benzene rings is 1. The number of hydrogen-bond acceptors (Lipinski definition) is 3. The highest BCUT2D eigenvalue weighted by atomic mass is 19.1. The van der Waals surface area contributed by atoms with Gasteiger partial charge in [-0.2, -0.15) is 0 Å². The van der Waals surface area contributed by atoms with E-state index in [1.165, 1.54) is 6.07 Å². The number of carbonyl (C=O) groups is 1. The maximum absolute atomic E-state index is 13.7. The number of anilines is 1. The smallest absolute Gasteiger partial charge is 0.222 e. The van der Waals surface area contributed by atoms with E-state index in [1.807, 2.05) is 0 Å². The Labute approximate surface area is 114 Å². The molecule has 1 atom stereocenters. The van der Waals surface area contributed by atoms with E-state index in [4.69, 9.17) is 5.73 Å². The number of halogens is 2. The Morgan fingerprint density at radius 1 is 1.40 bits per heavy atom. The van der Waals surface area contributed by atoms with Gasteiger partial charge in [0.05, 0.1) is 11.6 Å². The summed E-state index contributed by atoms with van der Waals surface area (Å²) in [5.74, 6) is -1.21. The summed E-state index contributed by atoms with van der Waals surface area (Å²) in [6.45, 7) is 0.451. The van der Waals surface area contributed by atoms with Gasteiger partial charge in [-0.15, -0.1) is 0 Å². The zero-order valence-corrected chi connectivity index (χ0v) is 10.9. The van der Waals surface area contributed by atoms with Gasteiger partial charge in [0.1, 0.15) is 11.3 Å². The molecule has 1 aromatic carbocycles. The van der Waals surface area contributed by atoms with Gasteiger partial charge in [0.15, 0.2) is 5.82 Å². The highest BCUT2D eigenvalue weighted by Gasteiger charge is 2.27. The van der Waals surface area contributed by atoms with Gasteiger partial charge in [-0.25, -0.2) is 13.8 Å². The molecule has 0 aliphatic carbocycles. The number of carbonyl (C=O) groups excluding carboxylic acids is 1. The predicted octanol–water partition coefficient (Wildman–Crippen LogP) is 1.69. The fraction of sp³-hybridized carbons (Fsp3) is 0.385. The maximum Gasteiger partial charge on any atom is 0.222 e. The molecule has 2 heterocycles. The number of imidazole rings is 1. The molecule has 106 valence electrons. The average Bonchev–Trinajstić information content (AvgIpc) is 2.70. The van der Waals surface area contributed by atoms with Crippen molar-refractivity contribution in [1.29, 1.82) is 0 Å². The Morgan fingerprint density at radius 3 is 2.85 bits per heavy atom. The fourth-order valence-corrected chi connectivity index (χ4v) is 2.72. The number of hydrogen-bond donors (Lipinski definition) is 1. The van der Waals surface area contributed by atoms with Crippen LogP contribution in [0.2, 0.25) is 0 Å². The third kappa shape index (κ3) is 1.90. The number of likely N-dealkylation sites (N-methyl/N-ethyl adjacent to an activating group) is 1. The average molecular weight is 280 g/mol. The van der Waals surface area contributed by atoms with Crippen molar-refractivity contribution >= 4 is 22.9 Å². The van der Waals surface area contributed by atoms with E-state index in [-0.39, 0.29) is 23.4 Å². The van der Waals surface area contributed by atoms with Crippen molar-refractivity contribution in [2.75, 3.05) is 19.3 Å². The minimum absolute atomic E-state index is 0.0570. The maximum atomic E-state index is 13.7. The summed E-state index contributed by atoms with van der Waals surface area (Å²) in [5.41, 5.74) is 6.23. The highest BCUT2D eigenvalue weighted by molar-refractivity contribution is 5.80. The van der Waals surface area contributed by atoms with E-state index in [0.717, 1.165) is 6.07 Å². The first kappa shape index (κ1) is 12.8. The van der Waals surface area contributed by atoms with Crippen LogP contribution in [-0.4, -0.2) is 34.0 Å². The first-order valence-corrected chi connectivity index (χ1v) is 6.34. The molecule has 5 nitrogen and oxygen atoms in total. The molecule has 0 saturated carbocycles. The third-order valence-corrected chi connectivity index (χ3v) is 3.71. The predicted molar refractivity (Wildman–Crippen MR) is 70.0 cm³/mol. The van der Waals surface area contributed by atoms with E-state index in [9.17, 15) is 13.6 Å². The molecule has 1 aliphatic rings. The molecule has 0 spiro atoms. The number of rotatable bonds is 1. The second-order valence-corrected chi connectivity index (χ2v) is 5.06. The molecular weight excluding hydrogens is 266 g/mol. The molecule has 3 rings (SSSR count). The molecule has 1 unspecified atom stereocenters. The van der Waals surface area contributed by atoms with Crippen molar-refractivity contribution in [3.8, 4) is 0 Å². The summed E-state index contributed by atoms with van der Waals surface area (Å²) >= 11 is 0. The Morgan fingerprint density at radius 2 is 2.15 bits per heavy atom. The number of nitrogen functional groups attached to an aromatic ring is 1. The van der Waals surface area contributed by atoms with E-state index < -0.39 is 11.6 Å². The quantitative estimate of drug-likeness (QED) is 0.864. The van der Waals surface area contributed by atoms with Crippen LogP contribution in [0.15, 0.2) is 12.1 Å². The van der Waals surface area contributed by atoms with Crippen molar-refractivity contribution in [1.82, 2.24) is 14.5 Å². The molecule has 0 bridgehead atoms. The Hall–Kier alpha value is -2.18. The van der Waals surface area contributed by atoms with Crippen molar-refractivity contribution in [3.63, 3.8) is 0 Å². The molecule has 1 aliphatic heterocycles. The molecular formula is C13H14F2N4O. The molecule has 2 N–H and O–H groups in total. The minimum atomic E-state index is -0.731. The van der Waals surface area contributed by atoms with Gasteiger partial charge in [0.2, 0.25) is 11.9 Å². The molecule has 20 heavy (non-hydrogen) atoms. The molecule has 0 radical (unpaired) electrons. The monoisotopic (exact) mass is 280 g/mol. The summed E-state index contributed by atoms with van der Waals surface area (Å²) < 4.78 is 28.7. The molecule has 7 heteroatoms. The Balaban J connectivity index is 2.11. The van der Waals surface area contributed by atoms with Crippen LogP contribution in [0, 0.1) is 11.6 Å². The number of aromatic nitrogens is 2. The number of fused-ring (bicyclic) bond motifs is 1. The number of nitrogens with two attached hydrogens (primary N) is 1. The van der Waals surface area contributed by atoms with E-state index >= 15 is 0 Å².